The van der Waals surface area contributed by atoms with Crippen LogP contribution in [-0.2, 0) is 12.4 Å². The Hall–Kier alpha value is -2.09. The molecule has 0 fully saturated rings. The summed E-state index contributed by atoms with van der Waals surface area (Å²) in [5.74, 6) is 0. The van der Waals surface area contributed by atoms with E-state index in [1.165, 1.54) is 0 Å². The molecule has 2 nitrogen and oxygen atoms in total. The number of alkyl halides is 6. The van der Waals surface area contributed by atoms with E-state index >= 15 is 0 Å². The lowest BCUT2D eigenvalue weighted by Crippen LogP contribution is -2.10. The van der Waals surface area contributed by atoms with Gasteiger partial charge in [0, 0.05) is 5.02 Å². The first-order valence-corrected chi connectivity index (χ1v) is 7.30. The number of benzene rings is 2. The average molecular weight is 381 g/mol. The van der Waals surface area contributed by atoms with Gasteiger partial charge in [0.25, 0.3) is 0 Å². The highest BCUT2D eigenvalue weighted by Crippen LogP contribution is 2.38. The van der Waals surface area contributed by atoms with E-state index in [1.807, 2.05) is 0 Å². The third-order valence-corrected chi connectivity index (χ3v) is 3.49. The molecule has 0 amide bonds. The fourth-order valence-electron chi connectivity index (χ4n) is 1.98. The molecule has 0 aliphatic heterocycles. The number of hydrogen-bond donors (Lipinski definition) is 0. The van der Waals surface area contributed by atoms with Gasteiger partial charge >= 0.3 is 12.4 Å². The lowest BCUT2D eigenvalue weighted by molar-refractivity contribution is -0.143. The van der Waals surface area contributed by atoms with Crippen LogP contribution in [0.5, 0.6) is 0 Å². The maximum atomic E-state index is 12.8. The van der Waals surface area contributed by atoms with E-state index in [0.717, 1.165) is 0 Å². The van der Waals surface area contributed by atoms with Crippen molar-refractivity contribution in [2.24, 2.45) is 10.2 Å². The molecule has 0 aliphatic rings. The molecule has 0 N–H and O–H groups in total. The normalized spacial score (nSPS) is 14.1. The van der Waals surface area contributed by atoms with Gasteiger partial charge in [-0.2, -0.15) is 36.6 Å². The summed E-state index contributed by atoms with van der Waals surface area (Å²) in [7, 11) is 0. The third kappa shape index (κ3) is 5.19. The molecular weight excluding hydrogens is 370 g/mol. The summed E-state index contributed by atoms with van der Waals surface area (Å²) in [6.07, 6.45) is -9.85. The van der Waals surface area contributed by atoms with Crippen molar-refractivity contribution in [1.82, 2.24) is 0 Å². The Bertz CT molecular complexity index is 751. The van der Waals surface area contributed by atoms with Gasteiger partial charge in [-0.15, -0.1) is 0 Å². The summed E-state index contributed by atoms with van der Waals surface area (Å²) in [6.45, 7) is 1.59. The van der Waals surface area contributed by atoms with Crippen molar-refractivity contribution in [3.8, 4) is 0 Å². The van der Waals surface area contributed by atoms with Crippen molar-refractivity contribution < 1.29 is 26.3 Å². The Morgan fingerprint density at radius 2 is 1.44 bits per heavy atom. The quantitative estimate of drug-likeness (QED) is 0.396. The molecular formula is C16H11ClF6N2. The van der Waals surface area contributed by atoms with E-state index in [4.69, 9.17) is 11.6 Å². The molecule has 0 heterocycles. The van der Waals surface area contributed by atoms with Crippen LogP contribution in [0.25, 0.3) is 0 Å². The Kier molecular flexibility index (Phi) is 5.41. The number of halogens is 7. The first-order chi connectivity index (χ1) is 11.5. The van der Waals surface area contributed by atoms with Crippen molar-refractivity contribution in [2.45, 2.75) is 25.3 Å². The summed E-state index contributed by atoms with van der Waals surface area (Å²) in [5, 5.41) is 7.75. The zero-order chi connectivity index (χ0) is 18.8. The second-order valence-corrected chi connectivity index (χ2v) is 5.65. The molecule has 0 bridgehead atoms. The highest BCUT2D eigenvalue weighted by atomic mass is 35.5. The molecule has 2 aromatic rings. The van der Waals surface area contributed by atoms with Crippen molar-refractivity contribution in [2.75, 3.05) is 0 Å². The van der Waals surface area contributed by atoms with E-state index in [2.05, 4.69) is 10.2 Å². The Balaban J connectivity index is 2.38. The van der Waals surface area contributed by atoms with Gasteiger partial charge in [-0.1, -0.05) is 23.7 Å². The molecule has 0 saturated heterocycles. The van der Waals surface area contributed by atoms with Gasteiger partial charge in [-0.05, 0) is 42.8 Å². The van der Waals surface area contributed by atoms with Gasteiger partial charge in [0.05, 0.1) is 22.9 Å². The van der Waals surface area contributed by atoms with Gasteiger partial charge < -0.3 is 0 Å². The largest absolute Gasteiger partial charge is 0.416 e. The summed E-state index contributed by atoms with van der Waals surface area (Å²) in [4.78, 5) is 0. The predicted molar refractivity (Wildman–Crippen MR) is 80.8 cm³/mol. The summed E-state index contributed by atoms with van der Waals surface area (Å²) >= 11 is 5.83. The smallest absolute Gasteiger partial charge is 0.181 e. The first-order valence-electron chi connectivity index (χ1n) is 6.92. The first kappa shape index (κ1) is 19.2. The molecule has 0 aromatic heterocycles. The van der Waals surface area contributed by atoms with Crippen LogP contribution in [0.3, 0.4) is 0 Å². The lowest BCUT2D eigenvalue weighted by atomic mass is 10.1. The van der Waals surface area contributed by atoms with Gasteiger partial charge in [0.1, 0.15) is 0 Å². The third-order valence-electron chi connectivity index (χ3n) is 3.25. The van der Waals surface area contributed by atoms with Crippen LogP contribution in [0, 0.1) is 0 Å². The van der Waals surface area contributed by atoms with Crippen LogP contribution in [0.4, 0.5) is 32.0 Å². The maximum Gasteiger partial charge on any atom is 0.416 e. The molecule has 1 unspecified atom stereocenters. The minimum atomic E-state index is -4.93. The SMILES string of the molecule is CC(N=Nc1cc(C(F)(F)F)cc(C(F)(F)F)c1)c1cccc(Cl)c1. The van der Waals surface area contributed by atoms with Gasteiger partial charge in [-0.3, -0.25) is 0 Å². The van der Waals surface area contributed by atoms with Crippen LogP contribution >= 0.6 is 11.6 Å². The second kappa shape index (κ2) is 7.03. The second-order valence-electron chi connectivity index (χ2n) is 5.21. The minimum Gasteiger partial charge on any atom is -0.181 e. The van der Waals surface area contributed by atoms with E-state index < -0.39 is 35.2 Å². The predicted octanol–water partition coefficient (Wildman–Crippen LogP) is 7.22. The van der Waals surface area contributed by atoms with E-state index in [-0.39, 0.29) is 6.07 Å². The molecule has 0 radical (unpaired) electrons. The molecule has 0 spiro atoms. The van der Waals surface area contributed by atoms with Crippen LogP contribution in [0.1, 0.15) is 29.7 Å². The maximum absolute atomic E-state index is 12.8. The molecule has 2 aromatic carbocycles. The van der Waals surface area contributed by atoms with Crippen molar-refractivity contribution in [1.29, 1.82) is 0 Å². The zero-order valence-electron chi connectivity index (χ0n) is 12.7. The van der Waals surface area contributed by atoms with E-state index in [0.29, 0.717) is 22.7 Å². The zero-order valence-corrected chi connectivity index (χ0v) is 13.4. The molecule has 0 aliphatic carbocycles. The van der Waals surface area contributed by atoms with E-state index in [9.17, 15) is 26.3 Å². The van der Waals surface area contributed by atoms with Gasteiger partial charge in [0.2, 0.25) is 0 Å². The highest BCUT2D eigenvalue weighted by Gasteiger charge is 2.37. The van der Waals surface area contributed by atoms with Crippen molar-refractivity contribution in [3.05, 3.63) is 64.2 Å². The minimum absolute atomic E-state index is 0.0411. The molecule has 9 heteroatoms. The van der Waals surface area contributed by atoms with E-state index in [1.54, 1.807) is 31.2 Å². The molecule has 1 atom stereocenters. The standard InChI is InChI=1S/C16H11ClF6N2/c1-9(10-3-2-4-13(17)5-10)24-25-14-7-11(15(18,19)20)6-12(8-14)16(21,22)23/h2-9H,1H3. The average Bonchev–Trinajstić information content (AvgIpc) is 2.50. The fraction of sp³-hybridized carbons (Fsp3) is 0.250. The Morgan fingerprint density at radius 3 is 1.92 bits per heavy atom. The van der Waals surface area contributed by atoms with Gasteiger partial charge in [-0.25, -0.2) is 0 Å². The number of hydrogen-bond acceptors (Lipinski definition) is 2. The van der Waals surface area contributed by atoms with Crippen LogP contribution < -0.4 is 0 Å². The van der Waals surface area contributed by atoms with Crippen LogP contribution in [0.15, 0.2) is 52.7 Å². The molecule has 134 valence electrons. The monoisotopic (exact) mass is 380 g/mol. The summed E-state index contributed by atoms with van der Waals surface area (Å²) < 4.78 is 76.7. The van der Waals surface area contributed by atoms with Crippen molar-refractivity contribution in [3.63, 3.8) is 0 Å². The molecule has 0 saturated carbocycles. The van der Waals surface area contributed by atoms with Crippen LogP contribution in [0.2, 0.25) is 5.02 Å². The lowest BCUT2D eigenvalue weighted by Gasteiger charge is -2.12. The number of rotatable bonds is 3. The number of nitrogens with zero attached hydrogens (tertiary/aromatic N) is 2. The summed E-state index contributed by atoms with van der Waals surface area (Å²) in [5.41, 5.74) is -2.78. The van der Waals surface area contributed by atoms with Gasteiger partial charge in [0.15, 0.2) is 0 Å². The molecule has 25 heavy (non-hydrogen) atoms. The van der Waals surface area contributed by atoms with Crippen LogP contribution in [-0.4, -0.2) is 0 Å². The molecule has 2 rings (SSSR count). The van der Waals surface area contributed by atoms with Crippen molar-refractivity contribution >= 4 is 17.3 Å². The fourth-order valence-corrected chi connectivity index (χ4v) is 2.18. The topological polar surface area (TPSA) is 24.7 Å². The Labute approximate surface area is 144 Å². The highest BCUT2D eigenvalue weighted by molar-refractivity contribution is 6.30. The number of azo groups is 1. The Morgan fingerprint density at radius 1 is 0.880 bits per heavy atom. The summed E-state index contributed by atoms with van der Waals surface area (Å²) in [6, 6.07) is 7.00.